The molecule has 0 aliphatic rings. The Labute approximate surface area is 190 Å². The average molecular weight is 425 g/mol. The minimum absolute atomic E-state index is 0.0613. The number of rotatable bonds is 25. The van der Waals surface area contributed by atoms with Crippen molar-refractivity contribution >= 4 is 5.97 Å². The minimum atomic E-state index is -0.0613. The average Bonchev–Trinajstić information content (AvgIpc) is 2.76. The van der Waals surface area contributed by atoms with E-state index in [4.69, 9.17) is 4.74 Å². The molecule has 0 saturated heterocycles. The van der Waals surface area contributed by atoms with E-state index >= 15 is 0 Å². The highest BCUT2D eigenvalue weighted by Crippen LogP contribution is 2.15. The van der Waals surface area contributed by atoms with Gasteiger partial charge in [-0.15, -0.1) is 0 Å². The van der Waals surface area contributed by atoms with Crippen molar-refractivity contribution in [1.29, 1.82) is 0 Å². The van der Waals surface area contributed by atoms with Gasteiger partial charge in [0.1, 0.15) is 0 Å². The first-order chi connectivity index (χ1) is 14.8. The molecule has 0 radical (unpaired) electrons. The Kier molecular flexibility index (Phi) is 26.0. The predicted octanol–water partition coefficient (Wildman–Crippen LogP) is 9.93. The molecule has 0 spiro atoms. The molecule has 0 aromatic heterocycles. The number of esters is 1. The normalized spacial score (nSPS) is 11.1. The largest absolute Gasteiger partial charge is 0.466 e. The molecule has 0 fully saturated rings. The topological polar surface area (TPSA) is 26.3 Å². The monoisotopic (exact) mass is 424 g/mol. The van der Waals surface area contributed by atoms with E-state index in [0.29, 0.717) is 13.0 Å². The molecule has 2 heteroatoms. The summed E-state index contributed by atoms with van der Waals surface area (Å²) < 4.78 is 5.10. The number of carbonyl (C=O) groups excluding carboxylic acids is 1. The van der Waals surface area contributed by atoms with E-state index in [1.165, 1.54) is 141 Å². The van der Waals surface area contributed by atoms with Crippen LogP contribution in [0.4, 0.5) is 0 Å². The zero-order valence-corrected chi connectivity index (χ0v) is 21.0. The number of carbonyl (C=O) groups is 1. The molecule has 0 heterocycles. The van der Waals surface area contributed by atoms with Crippen molar-refractivity contribution in [1.82, 2.24) is 0 Å². The number of ether oxygens (including phenoxy) is 1. The van der Waals surface area contributed by atoms with Gasteiger partial charge in [0.2, 0.25) is 0 Å². The number of hydrogen-bond donors (Lipinski definition) is 0. The van der Waals surface area contributed by atoms with Gasteiger partial charge in [-0.2, -0.15) is 0 Å². The van der Waals surface area contributed by atoms with Crippen LogP contribution < -0.4 is 0 Å². The van der Waals surface area contributed by atoms with Gasteiger partial charge in [0.05, 0.1) is 6.61 Å². The third-order valence-electron chi connectivity index (χ3n) is 6.30. The highest BCUT2D eigenvalue weighted by atomic mass is 16.5. The van der Waals surface area contributed by atoms with Crippen molar-refractivity contribution in [3.63, 3.8) is 0 Å². The molecule has 0 bridgehead atoms. The lowest BCUT2D eigenvalue weighted by atomic mass is 10.0. The Morgan fingerprint density at radius 3 is 0.967 bits per heavy atom. The lowest BCUT2D eigenvalue weighted by Crippen LogP contribution is -2.03. The molecule has 30 heavy (non-hydrogen) atoms. The van der Waals surface area contributed by atoms with E-state index in [9.17, 15) is 4.79 Å². The Morgan fingerprint density at radius 1 is 0.433 bits per heavy atom. The lowest BCUT2D eigenvalue weighted by molar-refractivity contribution is -0.143. The summed E-state index contributed by atoms with van der Waals surface area (Å²) in [4.78, 5) is 11.0. The van der Waals surface area contributed by atoms with E-state index in [-0.39, 0.29) is 5.97 Å². The van der Waals surface area contributed by atoms with Crippen LogP contribution in [-0.4, -0.2) is 12.6 Å². The molecule has 2 nitrogen and oxygen atoms in total. The maximum atomic E-state index is 11.0. The summed E-state index contributed by atoms with van der Waals surface area (Å²) in [5, 5.41) is 0. The van der Waals surface area contributed by atoms with Crippen LogP contribution in [0.2, 0.25) is 0 Å². The predicted molar refractivity (Wildman–Crippen MR) is 133 cm³/mol. The van der Waals surface area contributed by atoms with Gasteiger partial charge in [-0.3, -0.25) is 4.79 Å². The summed E-state index contributed by atoms with van der Waals surface area (Å²) in [6.07, 6.45) is 32.9. The highest BCUT2D eigenvalue weighted by Gasteiger charge is 1.98. The molecule has 0 atom stereocenters. The molecule has 0 aliphatic carbocycles. The van der Waals surface area contributed by atoms with E-state index < -0.39 is 0 Å². The van der Waals surface area contributed by atoms with Gasteiger partial charge in [-0.25, -0.2) is 0 Å². The third-order valence-corrected chi connectivity index (χ3v) is 6.30. The van der Waals surface area contributed by atoms with Gasteiger partial charge >= 0.3 is 5.97 Å². The first-order valence-corrected chi connectivity index (χ1v) is 14.0. The van der Waals surface area contributed by atoms with Crippen LogP contribution >= 0.6 is 0 Å². The van der Waals surface area contributed by atoms with Gasteiger partial charge < -0.3 is 4.74 Å². The molecule has 0 saturated carbocycles. The van der Waals surface area contributed by atoms with E-state index in [2.05, 4.69) is 6.92 Å². The minimum Gasteiger partial charge on any atom is -0.466 e. The first-order valence-electron chi connectivity index (χ1n) is 14.0. The molecular formula is C28H56O2. The maximum Gasteiger partial charge on any atom is 0.305 e. The van der Waals surface area contributed by atoms with Crippen molar-refractivity contribution in [2.24, 2.45) is 0 Å². The second kappa shape index (κ2) is 26.5. The van der Waals surface area contributed by atoms with Crippen LogP contribution in [0.25, 0.3) is 0 Å². The Bertz CT molecular complexity index is 327. The van der Waals surface area contributed by atoms with Crippen molar-refractivity contribution in [3.8, 4) is 0 Å². The fourth-order valence-electron chi connectivity index (χ4n) is 4.18. The van der Waals surface area contributed by atoms with E-state index in [0.717, 1.165) is 6.42 Å². The summed E-state index contributed by atoms with van der Waals surface area (Å²) in [7, 11) is 0. The van der Waals surface area contributed by atoms with Gasteiger partial charge in [-0.1, -0.05) is 155 Å². The van der Waals surface area contributed by atoms with Crippen LogP contribution in [0.5, 0.6) is 0 Å². The molecule has 0 aliphatic heterocycles. The summed E-state index contributed by atoms with van der Waals surface area (Å²) in [6.45, 7) is 4.76. The Morgan fingerprint density at radius 2 is 0.700 bits per heavy atom. The zero-order valence-electron chi connectivity index (χ0n) is 21.0. The summed E-state index contributed by atoms with van der Waals surface area (Å²) in [5.74, 6) is -0.0613. The summed E-state index contributed by atoms with van der Waals surface area (Å²) in [6, 6.07) is 0. The van der Waals surface area contributed by atoms with Crippen LogP contribution in [-0.2, 0) is 9.53 Å². The summed E-state index contributed by atoms with van der Waals surface area (Å²) in [5.41, 5.74) is 0. The second-order valence-electron chi connectivity index (χ2n) is 9.35. The molecule has 0 aromatic carbocycles. The van der Waals surface area contributed by atoms with Crippen LogP contribution in [0, 0.1) is 0 Å². The highest BCUT2D eigenvalue weighted by molar-refractivity contribution is 5.68. The van der Waals surface area contributed by atoms with Crippen LogP contribution in [0.3, 0.4) is 0 Å². The quantitative estimate of drug-likeness (QED) is 0.108. The van der Waals surface area contributed by atoms with Crippen LogP contribution in [0.15, 0.2) is 0 Å². The second-order valence-corrected chi connectivity index (χ2v) is 9.35. The Hall–Kier alpha value is -0.530. The molecule has 0 aromatic rings. The van der Waals surface area contributed by atoms with Gasteiger partial charge in [0, 0.05) is 6.42 Å². The number of hydrogen-bond acceptors (Lipinski definition) is 2. The smallest absolute Gasteiger partial charge is 0.305 e. The molecule has 0 unspecified atom stereocenters. The zero-order chi connectivity index (χ0) is 22.0. The third kappa shape index (κ3) is 25.5. The van der Waals surface area contributed by atoms with E-state index in [1.54, 1.807) is 0 Å². The van der Waals surface area contributed by atoms with Crippen molar-refractivity contribution in [2.75, 3.05) is 6.61 Å². The van der Waals surface area contributed by atoms with Gasteiger partial charge in [-0.05, 0) is 6.42 Å². The standard InChI is InChI=1S/C28H56O2/c1-3-5-6-7-8-9-10-11-12-13-14-15-16-17-18-19-20-21-22-23-24-25-26-27-30-28(29)4-2/h3-27H2,1-2H3. The first kappa shape index (κ1) is 29.5. The fourth-order valence-corrected chi connectivity index (χ4v) is 4.18. The SMILES string of the molecule is CCCCCCCCCCCCCCCCCCCCCCCCCOC(=O)CC. The summed E-state index contributed by atoms with van der Waals surface area (Å²) >= 11 is 0. The molecule has 0 rings (SSSR count). The van der Waals surface area contributed by atoms with Gasteiger partial charge in [0.15, 0.2) is 0 Å². The van der Waals surface area contributed by atoms with Crippen molar-refractivity contribution in [3.05, 3.63) is 0 Å². The van der Waals surface area contributed by atoms with Gasteiger partial charge in [0.25, 0.3) is 0 Å². The van der Waals surface area contributed by atoms with Crippen molar-refractivity contribution in [2.45, 2.75) is 168 Å². The molecule has 0 amide bonds. The lowest BCUT2D eigenvalue weighted by Gasteiger charge is -2.05. The molecule has 0 N–H and O–H groups in total. The van der Waals surface area contributed by atoms with Crippen molar-refractivity contribution < 1.29 is 9.53 Å². The maximum absolute atomic E-state index is 11.0. The fraction of sp³-hybridized carbons (Fsp3) is 0.964. The number of unbranched alkanes of at least 4 members (excludes halogenated alkanes) is 22. The molecular weight excluding hydrogens is 368 g/mol. The molecule has 180 valence electrons. The Balaban J connectivity index is 3.01. The van der Waals surface area contributed by atoms with Crippen LogP contribution in [0.1, 0.15) is 168 Å². The van der Waals surface area contributed by atoms with E-state index in [1.807, 2.05) is 6.92 Å².